The molecule has 7 heteroatoms. The summed E-state index contributed by atoms with van der Waals surface area (Å²) in [4.78, 5) is 34.3. The Labute approximate surface area is 181 Å². The molecule has 1 atom stereocenters. The lowest BCUT2D eigenvalue weighted by molar-refractivity contribution is -0.896. The van der Waals surface area contributed by atoms with Gasteiger partial charge in [0, 0.05) is 13.0 Å². The van der Waals surface area contributed by atoms with E-state index in [1.165, 1.54) is 16.2 Å². The van der Waals surface area contributed by atoms with E-state index < -0.39 is 17.7 Å². The fraction of sp³-hybridized carbons (Fsp3) is 0.435. The molecule has 1 amide bonds. The second kappa shape index (κ2) is 9.53. The molecule has 30 heavy (non-hydrogen) atoms. The van der Waals surface area contributed by atoms with E-state index >= 15 is 0 Å². The highest BCUT2D eigenvalue weighted by atomic mass is 32.1. The van der Waals surface area contributed by atoms with Gasteiger partial charge in [-0.25, -0.2) is 4.98 Å². The molecule has 1 aliphatic heterocycles. The van der Waals surface area contributed by atoms with Crippen LogP contribution in [0.25, 0.3) is 0 Å². The highest BCUT2D eigenvalue weighted by Gasteiger charge is 2.44. The van der Waals surface area contributed by atoms with E-state index in [0.29, 0.717) is 17.1 Å². The maximum Gasteiger partial charge on any atom is 0.290 e. The molecule has 2 aromatic rings. The highest BCUT2D eigenvalue weighted by molar-refractivity contribution is 7.14. The number of aromatic nitrogens is 1. The number of hydrogen-bond acceptors (Lipinski definition) is 5. The number of benzene rings is 1. The smallest absolute Gasteiger partial charge is 0.290 e. The summed E-state index contributed by atoms with van der Waals surface area (Å²) in [6, 6.07) is 8.89. The second-order valence-corrected chi connectivity index (χ2v) is 8.81. The van der Waals surface area contributed by atoms with Crippen molar-refractivity contribution in [1.82, 2.24) is 9.88 Å². The van der Waals surface area contributed by atoms with E-state index in [4.69, 9.17) is 0 Å². The number of quaternary nitrogens is 1. The van der Waals surface area contributed by atoms with Gasteiger partial charge in [0.05, 0.1) is 46.8 Å². The molecule has 1 aliphatic rings. The van der Waals surface area contributed by atoms with Gasteiger partial charge in [0.25, 0.3) is 5.91 Å². The summed E-state index contributed by atoms with van der Waals surface area (Å²) in [5.41, 5.74) is 1.62. The van der Waals surface area contributed by atoms with Gasteiger partial charge in [-0.2, -0.15) is 0 Å². The molecule has 160 valence electrons. The molecule has 2 heterocycles. The Balaban J connectivity index is 1.95. The Morgan fingerprint density at radius 1 is 1.20 bits per heavy atom. The Morgan fingerprint density at radius 2 is 1.87 bits per heavy atom. The van der Waals surface area contributed by atoms with E-state index in [1.807, 2.05) is 37.3 Å². The number of carbonyl (C=O) groups is 2. The summed E-state index contributed by atoms with van der Waals surface area (Å²) in [7, 11) is 0. The van der Waals surface area contributed by atoms with Gasteiger partial charge in [0.15, 0.2) is 5.76 Å². The van der Waals surface area contributed by atoms with Gasteiger partial charge in [0.1, 0.15) is 0 Å². The molecule has 0 saturated heterocycles. The summed E-state index contributed by atoms with van der Waals surface area (Å²) in [6.07, 6.45) is 0.805. The number of ketones is 1. The first-order valence-electron chi connectivity index (χ1n) is 10.5. The van der Waals surface area contributed by atoms with E-state index in [-0.39, 0.29) is 11.4 Å². The summed E-state index contributed by atoms with van der Waals surface area (Å²) in [5.74, 6) is -1.22. The van der Waals surface area contributed by atoms with Gasteiger partial charge in [-0.15, -0.1) is 11.3 Å². The van der Waals surface area contributed by atoms with Crippen LogP contribution < -0.4 is 4.90 Å². The maximum absolute atomic E-state index is 13.4. The van der Waals surface area contributed by atoms with Crippen molar-refractivity contribution in [3.05, 3.63) is 62.8 Å². The number of rotatable bonds is 9. The summed E-state index contributed by atoms with van der Waals surface area (Å²) >= 11 is 1.30. The van der Waals surface area contributed by atoms with Crippen LogP contribution in [0.5, 0.6) is 0 Å². The molecule has 0 unspecified atom stereocenters. The Kier molecular flexibility index (Phi) is 7.05. The van der Waals surface area contributed by atoms with Crippen LogP contribution in [0.15, 0.2) is 41.7 Å². The molecule has 0 spiro atoms. The largest absolute Gasteiger partial charge is 0.503 e. The van der Waals surface area contributed by atoms with Gasteiger partial charge >= 0.3 is 0 Å². The third-order valence-electron chi connectivity index (χ3n) is 5.70. The Hall–Kier alpha value is -2.51. The number of aliphatic hydroxyl groups excluding tert-OH is 1. The van der Waals surface area contributed by atoms with Crippen molar-refractivity contribution in [3.8, 4) is 0 Å². The van der Waals surface area contributed by atoms with E-state index in [2.05, 4.69) is 18.8 Å². The average molecular weight is 429 g/mol. The first-order valence-corrected chi connectivity index (χ1v) is 11.3. The number of Topliss-reactive ketones (excluding diaryl/α,β-unsaturated/α-hetero) is 1. The number of hydrogen-bond donors (Lipinski definition) is 2. The zero-order valence-corrected chi connectivity index (χ0v) is 18.9. The molecular weight excluding hydrogens is 398 g/mol. The molecule has 0 bridgehead atoms. The first-order chi connectivity index (χ1) is 14.4. The molecule has 3 rings (SSSR count). The average Bonchev–Trinajstić information content (AvgIpc) is 3.21. The Morgan fingerprint density at radius 3 is 2.43 bits per heavy atom. The van der Waals surface area contributed by atoms with Crippen molar-refractivity contribution in [2.24, 2.45) is 0 Å². The minimum atomic E-state index is -0.584. The number of aryl methyl sites for hydroxylation is 2. The molecule has 6 nitrogen and oxygen atoms in total. The van der Waals surface area contributed by atoms with E-state index in [9.17, 15) is 14.7 Å². The predicted molar refractivity (Wildman–Crippen MR) is 118 cm³/mol. The summed E-state index contributed by atoms with van der Waals surface area (Å²) in [5, 5.41) is 11.5. The zero-order chi connectivity index (χ0) is 21.8. The lowest BCUT2D eigenvalue weighted by Crippen LogP contribution is -3.11. The third kappa shape index (κ3) is 4.32. The van der Waals surface area contributed by atoms with Crippen molar-refractivity contribution in [2.45, 2.75) is 40.2 Å². The molecule has 0 radical (unpaired) electrons. The number of carbonyl (C=O) groups excluding carboxylic acids is 2. The summed E-state index contributed by atoms with van der Waals surface area (Å²) < 4.78 is 0. The number of aliphatic hydroxyl groups is 1. The molecule has 0 aliphatic carbocycles. The molecular formula is C23H30N3O3S+. The fourth-order valence-corrected chi connectivity index (χ4v) is 4.94. The maximum atomic E-state index is 13.4. The number of amides is 1. The predicted octanol–water partition coefficient (Wildman–Crippen LogP) is 2.65. The van der Waals surface area contributed by atoms with Crippen LogP contribution in [0.1, 0.15) is 52.2 Å². The monoisotopic (exact) mass is 428 g/mol. The number of nitrogens with one attached hydrogen (secondary N) is 1. The highest BCUT2D eigenvalue weighted by Crippen LogP contribution is 2.40. The normalized spacial score (nSPS) is 16.8. The van der Waals surface area contributed by atoms with Crippen LogP contribution >= 0.6 is 11.3 Å². The van der Waals surface area contributed by atoms with E-state index in [0.717, 1.165) is 36.6 Å². The van der Waals surface area contributed by atoms with Crippen molar-refractivity contribution in [1.29, 1.82) is 0 Å². The quantitative estimate of drug-likeness (QED) is 0.602. The van der Waals surface area contributed by atoms with Crippen molar-refractivity contribution in [2.75, 3.05) is 26.2 Å². The molecule has 0 saturated carbocycles. The van der Waals surface area contributed by atoms with Crippen LogP contribution in [0.3, 0.4) is 0 Å². The van der Waals surface area contributed by atoms with Gasteiger partial charge in [-0.1, -0.05) is 30.3 Å². The standard InChI is InChI=1S/C23H29N3O3S/c1-5-25(6-2)13-10-14-26-19(17-11-8-7-9-12-17)18(21(28)23(26)29)20(27)22-15(3)24-16(4)30-22/h7-9,11-12,19,28H,5-6,10,13-14H2,1-4H3/p+1/t19-/m0/s1. The number of thiazole rings is 1. The van der Waals surface area contributed by atoms with Crippen LogP contribution in [0.4, 0.5) is 0 Å². The Bertz CT molecular complexity index is 948. The SMILES string of the molecule is CC[NH+](CC)CCCN1C(=O)C(O)=C(C(=O)c2sc(C)nc2C)[C@@H]1c1ccccc1. The van der Waals surface area contributed by atoms with Crippen molar-refractivity contribution >= 4 is 23.0 Å². The fourth-order valence-electron chi connectivity index (χ4n) is 4.07. The lowest BCUT2D eigenvalue weighted by Gasteiger charge is -2.27. The van der Waals surface area contributed by atoms with Gasteiger partial charge in [-0.05, 0) is 33.3 Å². The van der Waals surface area contributed by atoms with E-state index in [1.54, 1.807) is 11.8 Å². The minimum Gasteiger partial charge on any atom is -0.503 e. The number of nitrogens with zero attached hydrogens (tertiary/aromatic N) is 2. The second-order valence-electron chi connectivity index (χ2n) is 7.61. The van der Waals surface area contributed by atoms with Gasteiger partial charge < -0.3 is 14.9 Å². The molecule has 0 fully saturated rings. The summed E-state index contributed by atoms with van der Waals surface area (Å²) in [6.45, 7) is 11.4. The van der Waals surface area contributed by atoms with Crippen molar-refractivity contribution < 1.29 is 19.6 Å². The molecule has 1 aromatic carbocycles. The van der Waals surface area contributed by atoms with Gasteiger partial charge in [0.2, 0.25) is 5.78 Å². The van der Waals surface area contributed by atoms with Crippen LogP contribution in [0.2, 0.25) is 0 Å². The lowest BCUT2D eigenvalue weighted by atomic mass is 9.95. The topological polar surface area (TPSA) is 74.9 Å². The van der Waals surface area contributed by atoms with Gasteiger partial charge in [-0.3, -0.25) is 9.59 Å². The zero-order valence-electron chi connectivity index (χ0n) is 18.1. The third-order valence-corrected chi connectivity index (χ3v) is 6.77. The molecule has 1 aromatic heterocycles. The first kappa shape index (κ1) is 22.2. The van der Waals surface area contributed by atoms with Crippen LogP contribution in [0, 0.1) is 13.8 Å². The molecule has 2 N–H and O–H groups in total. The van der Waals surface area contributed by atoms with Crippen LogP contribution in [-0.2, 0) is 4.79 Å². The van der Waals surface area contributed by atoms with Crippen LogP contribution in [-0.4, -0.2) is 52.9 Å². The minimum absolute atomic E-state index is 0.160. The van der Waals surface area contributed by atoms with Crippen molar-refractivity contribution in [3.63, 3.8) is 0 Å².